The summed E-state index contributed by atoms with van der Waals surface area (Å²) in [5, 5.41) is 0. The van der Waals surface area contributed by atoms with Gasteiger partial charge in [-0.1, -0.05) is 6.07 Å². The zero-order valence-electron chi connectivity index (χ0n) is 8.40. The van der Waals surface area contributed by atoms with Crippen molar-refractivity contribution in [2.45, 2.75) is 26.3 Å². The molecule has 1 aromatic heterocycles. The van der Waals surface area contributed by atoms with Gasteiger partial charge in [-0.05, 0) is 43.4 Å². The third-order valence-corrected chi connectivity index (χ3v) is 2.93. The monoisotopic (exact) mass is 186 g/mol. The number of hydrogen-bond donors (Lipinski definition) is 0. The van der Waals surface area contributed by atoms with Crippen LogP contribution < -0.4 is 0 Å². The first-order valence-corrected chi connectivity index (χ1v) is 5.24. The molecule has 0 atom stereocenters. The van der Waals surface area contributed by atoms with Crippen molar-refractivity contribution in [2.24, 2.45) is 5.92 Å². The average Bonchev–Trinajstić information content (AvgIpc) is 2.90. The highest BCUT2D eigenvalue weighted by molar-refractivity contribution is 5.75. The fourth-order valence-corrected chi connectivity index (χ4v) is 1.89. The molecule has 0 amide bonds. The zero-order valence-corrected chi connectivity index (χ0v) is 8.40. The minimum Gasteiger partial charge on any atom is -0.330 e. The van der Waals surface area contributed by atoms with Crippen molar-refractivity contribution in [3.05, 3.63) is 30.1 Å². The quantitative estimate of drug-likeness (QED) is 0.705. The van der Waals surface area contributed by atoms with Gasteiger partial charge < -0.3 is 4.57 Å². The van der Waals surface area contributed by atoms with Gasteiger partial charge in [0.25, 0.3) is 0 Å². The highest BCUT2D eigenvalue weighted by Crippen LogP contribution is 2.31. The number of hydrogen-bond acceptors (Lipinski definition) is 1. The predicted octanol–water partition coefficient (Wildman–Crippen LogP) is 2.75. The molecule has 14 heavy (non-hydrogen) atoms. The normalized spacial score (nSPS) is 16.4. The van der Waals surface area contributed by atoms with Gasteiger partial charge in [0.15, 0.2) is 0 Å². The van der Waals surface area contributed by atoms with Gasteiger partial charge in [0.2, 0.25) is 0 Å². The molecule has 0 aliphatic heterocycles. The lowest BCUT2D eigenvalue weighted by Gasteiger charge is -2.02. The van der Waals surface area contributed by atoms with Gasteiger partial charge in [-0.3, -0.25) is 0 Å². The summed E-state index contributed by atoms with van der Waals surface area (Å²) >= 11 is 0. The Balaban J connectivity index is 2.08. The Morgan fingerprint density at radius 3 is 3.07 bits per heavy atom. The maximum atomic E-state index is 4.40. The molecule has 1 saturated carbocycles. The lowest BCUT2D eigenvalue weighted by molar-refractivity contribution is 0.642. The lowest BCUT2D eigenvalue weighted by atomic mass is 10.2. The molecule has 0 radical (unpaired) electrons. The molecule has 0 saturated heterocycles. The maximum Gasteiger partial charge on any atom is 0.0958 e. The van der Waals surface area contributed by atoms with E-state index >= 15 is 0 Å². The van der Waals surface area contributed by atoms with Crippen molar-refractivity contribution in [1.82, 2.24) is 9.55 Å². The second-order valence-corrected chi connectivity index (χ2v) is 4.33. The summed E-state index contributed by atoms with van der Waals surface area (Å²) in [4.78, 5) is 4.40. The smallest absolute Gasteiger partial charge is 0.0958 e. The molecule has 2 aromatic rings. The van der Waals surface area contributed by atoms with Gasteiger partial charge >= 0.3 is 0 Å². The minimum atomic E-state index is 0.910. The van der Waals surface area contributed by atoms with Gasteiger partial charge in [-0.25, -0.2) is 4.98 Å². The Morgan fingerprint density at radius 2 is 2.29 bits per heavy atom. The molecule has 0 unspecified atom stereocenters. The topological polar surface area (TPSA) is 17.8 Å². The Morgan fingerprint density at radius 1 is 1.43 bits per heavy atom. The lowest BCUT2D eigenvalue weighted by Crippen LogP contribution is -1.97. The van der Waals surface area contributed by atoms with Gasteiger partial charge in [-0.15, -0.1) is 0 Å². The molecule has 3 rings (SSSR count). The summed E-state index contributed by atoms with van der Waals surface area (Å²) in [6.07, 6.45) is 4.76. The molecule has 2 heteroatoms. The molecule has 1 aliphatic carbocycles. The Kier molecular flexibility index (Phi) is 1.63. The van der Waals surface area contributed by atoms with E-state index < -0.39 is 0 Å². The number of imidazole rings is 1. The molecule has 1 fully saturated rings. The number of benzene rings is 1. The van der Waals surface area contributed by atoms with Gasteiger partial charge in [0, 0.05) is 6.54 Å². The van der Waals surface area contributed by atoms with Gasteiger partial charge in [-0.2, -0.15) is 0 Å². The number of aryl methyl sites for hydroxylation is 1. The van der Waals surface area contributed by atoms with Crippen LogP contribution in [0.3, 0.4) is 0 Å². The van der Waals surface area contributed by atoms with E-state index in [9.17, 15) is 0 Å². The van der Waals surface area contributed by atoms with Crippen LogP contribution in [0.1, 0.15) is 18.4 Å². The van der Waals surface area contributed by atoms with Crippen LogP contribution in [-0.4, -0.2) is 9.55 Å². The van der Waals surface area contributed by atoms with E-state index in [0.29, 0.717) is 0 Å². The van der Waals surface area contributed by atoms with Crippen LogP contribution in [0.4, 0.5) is 0 Å². The Labute approximate surface area is 83.6 Å². The molecule has 0 spiro atoms. The molecule has 72 valence electrons. The number of aromatic nitrogens is 2. The van der Waals surface area contributed by atoms with E-state index in [1.54, 1.807) is 0 Å². The van der Waals surface area contributed by atoms with Crippen molar-refractivity contribution >= 4 is 11.0 Å². The van der Waals surface area contributed by atoms with E-state index in [1.165, 1.54) is 23.9 Å². The van der Waals surface area contributed by atoms with E-state index in [4.69, 9.17) is 0 Å². The summed E-state index contributed by atoms with van der Waals surface area (Å²) in [6.45, 7) is 3.29. The van der Waals surface area contributed by atoms with Crippen LogP contribution in [-0.2, 0) is 6.54 Å². The number of fused-ring (bicyclic) bond motifs is 1. The summed E-state index contributed by atoms with van der Waals surface area (Å²) in [5.41, 5.74) is 3.73. The van der Waals surface area contributed by atoms with Crippen molar-refractivity contribution < 1.29 is 0 Å². The fraction of sp³-hybridized carbons (Fsp3) is 0.417. The number of nitrogens with zero attached hydrogens (tertiary/aromatic N) is 2. The summed E-state index contributed by atoms with van der Waals surface area (Å²) < 4.78 is 2.29. The first kappa shape index (κ1) is 8.04. The molecule has 0 N–H and O–H groups in total. The first-order chi connectivity index (χ1) is 6.83. The molecular formula is C12H14N2. The fourth-order valence-electron chi connectivity index (χ4n) is 1.89. The SMILES string of the molecule is Cc1ccc2ncn(CC3CC3)c2c1. The Bertz CT molecular complexity index is 466. The third kappa shape index (κ3) is 1.31. The summed E-state index contributed by atoms with van der Waals surface area (Å²) in [7, 11) is 0. The molecule has 1 aromatic carbocycles. The third-order valence-electron chi connectivity index (χ3n) is 2.93. The Hall–Kier alpha value is -1.31. The standard InChI is InChI=1S/C12H14N2/c1-9-2-5-11-12(6-9)14(8-13-11)7-10-3-4-10/h2,5-6,8,10H,3-4,7H2,1H3. The highest BCUT2D eigenvalue weighted by Gasteiger charge is 2.22. The molecule has 0 bridgehead atoms. The average molecular weight is 186 g/mol. The van der Waals surface area contributed by atoms with Crippen LogP contribution in [0.5, 0.6) is 0 Å². The molecule has 2 nitrogen and oxygen atoms in total. The van der Waals surface area contributed by atoms with Crippen molar-refractivity contribution in [3.8, 4) is 0 Å². The van der Waals surface area contributed by atoms with Crippen LogP contribution in [0.2, 0.25) is 0 Å². The van der Waals surface area contributed by atoms with Crippen LogP contribution in [0.15, 0.2) is 24.5 Å². The zero-order chi connectivity index (χ0) is 9.54. The van der Waals surface area contributed by atoms with Gasteiger partial charge in [0.05, 0.1) is 17.4 Å². The van der Waals surface area contributed by atoms with E-state index in [-0.39, 0.29) is 0 Å². The molecule has 1 heterocycles. The van der Waals surface area contributed by atoms with Crippen LogP contribution in [0, 0.1) is 12.8 Å². The van der Waals surface area contributed by atoms with Crippen molar-refractivity contribution in [2.75, 3.05) is 0 Å². The second-order valence-electron chi connectivity index (χ2n) is 4.33. The van der Waals surface area contributed by atoms with Crippen molar-refractivity contribution in [1.29, 1.82) is 0 Å². The van der Waals surface area contributed by atoms with Crippen molar-refractivity contribution in [3.63, 3.8) is 0 Å². The largest absolute Gasteiger partial charge is 0.330 e. The van der Waals surface area contributed by atoms with Crippen LogP contribution >= 0.6 is 0 Å². The minimum absolute atomic E-state index is 0.910. The highest BCUT2D eigenvalue weighted by atomic mass is 15.0. The van der Waals surface area contributed by atoms with Crippen LogP contribution in [0.25, 0.3) is 11.0 Å². The molecule has 1 aliphatic rings. The van der Waals surface area contributed by atoms with E-state index in [1.807, 2.05) is 6.33 Å². The van der Waals surface area contributed by atoms with E-state index in [2.05, 4.69) is 34.7 Å². The summed E-state index contributed by atoms with van der Waals surface area (Å²) in [6, 6.07) is 6.45. The summed E-state index contributed by atoms with van der Waals surface area (Å²) in [5.74, 6) is 0.910. The van der Waals surface area contributed by atoms with E-state index in [0.717, 1.165) is 18.0 Å². The molecular weight excluding hydrogens is 172 g/mol. The second kappa shape index (κ2) is 2.84. The van der Waals surface area contributed by atoms with Gasteiger partial charge in [0.1, 0.15) is 0 Å². The maximum absolute atomic E-state index is 4.40. The number of rotatable bonds is 2. The first-order valence-electron chi connectivity index (χ1n) is 5.24. The predicted molar refractivity (Wildman–Crippen MR) is 57.2 cm³/mol.